The number of methoxy groups -OCH3 is 1. The van der Waals surface area contributed by atoms with Gasteiger partial charge in [0.15, 0.2) is 0 Å². The molecule has 0 heterocycles. The second kappa shape index (κ2) is 6.41. The van der Waals surface area contributed by atoms with Crippen molar-refractivity contribution in [2.24, 2.45) is 0 Å². The molecule has 2 rings (SSSR count). The Morgan fingerprint density at radius 2 is 2.05 bits per heavy atom. The van der Waals surface area contributed by atoms with E-state index >= 15 is 0 Å². The van der Waals surface area contributed by atoms with Crippen molar-refractivity contribution in [1.29, 1.82) is 0 Å². The normalized spacial score (nSPS) is 10.2. The fraction of sp³-hybridized carbons (Fsp3) is 0.0714. The maximum Gasteiger partial charge on any atom is 0.255 e. The van der Waals surface area contributed by atoms with Crippen LogP contribution in [0.3, 0.4) is 0 Å². The Kier molecular flexibility index (Phi) is 4.82. The maximum absolute atomic E-state index is 13.0. The molecule has 0 aliphatic carbocycles. The van der Waals surface area contributed by atoms with Crippen molar-refractivity contribution in [3.63, 3.8) is 0 Å². The molecule has 0 aliphatic heterocycles. The average Bonchev–Trinajstić information content (AvgIpc) is 2.42. The molecule has 1 N–H and O–H groups in total. The van der Waals surface area contributed by atoms with Gasteiger partial charge in [-0.25, -0.2) is 4.39 Å². The van der Waals surface area contributed by atoms with Gasteiger partial charge in [0, 0.05) is 11.3 Å². The highest BCUT2D eigenvalue weighted by Crippen LogP contribution is 2.23. The number of halogens is 3. The molecule has 0 saturated heterocycles. The van der Waals surface area contributed by atoms with Crippen LogP contribution in [0.1, 0.15) is 10.4 Å². The third kappa shape index (κ3) is 3.40. The summed E-state index contributed by atoms with van der Waals surface area (Å²) in [7, 11) is 1.57. The molecule has 0 unspecified atom stereocenters. The van der Waals surface area contributed by atoms with Crippen LogP contribution in [0.2, 0.25) is 5.02 Å². The standard InChI is InChI=1S/C14H10ClFINO2/c1-20-13-5-2-8(6-12(13)17)14(19)18-9-3-4-11(16)10(15)7-9/h2-7H,1H3,(H,18,19). The van der Waals surface area contributed by atoms with Crippen LogP contribution in [-0.4, -0.2) is 13.0 Å². The lowest BCUT2D eigenvalue weighted by Gasteiger charge is -2.08. The Morgan fingerprint density at radius 1 is 1.30 bits per heavy atom. The number of nitrogens with one attached hydrogen (secondary N) is 1. The minimum absolute atomic E-state index is 0.0351. The molecular weight excluding hydrogens is 396 g/mol. The number of hydrogen-bond acceptors (Lipinski definition) is 2. The zero-order valence-electron chi connectivity index (χ0n) is 10.4. The van der Waals surface area contributed by atoms with Crippen LogP contribution in [0, 0.1) is 9.39 Å². The average molecular weight is 406 g/mol. The molecule has 0 atom stereocenters. The Hall–Kier alpha value is -1.34. The van der Waals surface area contributed by atoms with Gasteiger partial charge in [-0.15, -0.1) is 0 Å². The van der Waals surface area contributed by atoms with Crippen LogP contribution >= 0.6 is 34.2 Å². The Bertz CT molecular complexity index is 664. The SMILES string of the molecule is COc1ccc(C(=O)Nc2ccc(F)c(Cl)c2)cc1I. The molecule has 3 nitrogen and oxygen atoms in total. The van der Waals surface area contributed by atoms with Crippen molar-refractivity contribution >= 4 is 45.8 Å². The molecule has 2 aromatic carbocycles. The first-order valence-electron chi connectivity index (χ1n) is 5.61. The zero-order chi connectivity index (χ0) is 14.7. The smallest absolute Gasteiger partial charge is 0.255 e. The Labute approximate surface area is 134 Å². The van der Waals surface area contributed by atoms with Crippen LogP contribution in [-0.2, 0) is 0 Å². The number of benzene rings is 2. The van der Waals surface area contributed by atoms with Gasteiger partial charge in [-0.3, -0.25) is 4.79 Å². The maximum atomic E-state index is 13.0. The highest BCUT2D eigenvalue weighted by molar-refractivity contribution is 14.1. The summed E-state index contributed by atoms with van der Waals surface area (Å²) in [4.78, 5) is 12.1. The van der Waals surface area contributed by atoms with Crippen molar-refractivity contribution in [2.75, 3.05) is 12.4 Å². The first-order valence-corrected chi connectivity index (χ1v) is 7.07. The molecule has 104 valence electrons. The molecule has 0 spiro atoms. The number of hydrogen-bond donors (Lipinski definition) is 1. The zero-order valence-corrected chi connectivity index (χ0v) is 13.3. The summed E-state index contributed by atoms with van der Waals surface area (Å²) in [6.45, 7) is 0. The second-order valence-electron chi connectivity index (χ2n) is 3.93. The fourth-order valence-corrected chi connectivity index (χ4v) is 2.50. The predicted molar refractivity (Wildman–Crippen MR) is 85.1 cm³/mol. The van der Waals surface area contributed by atoms with E-state index in [1.54, 1.807) is 25.3 Å². The van der Waals surface area contributed by atoms with E-state index in [2.05, 4.69) is 27.9 Å². The van der Waals surface area contributed by atoms with Crippen molar-refractivity contribution in [1.82, 2.24) is 0 Å². The first-order chi connectivity index (χ1) is 9.51. The third-order valence-electron chi connectivity index (χ3n) is 2.59. The molecule has 6 heteroatoms. The third-order valence-corrected chi connectivity index (χ3v) is 3.72. The van der Waals surface area contributed by atoms with Gasteiger partial charge >= 0.3 is 0 Å². The van der Waals surface area contributed by atoms with E-state index in [-0.39, 0.29) is 10.9 Å². The first kappa shape index (κ1) is 15.1. The van der Waals surface area contributed by atoms with Gasteiger partial charge in [0.25, 0.3) is 5.91 Å². The molecule has 0 aromatic heterocycles. The monoisotopic (exact) mass is 405 g/mol. The second-order valence-corrected chi connectivity index (χ2v) is 5.50. The highest BCUT2D eigenvalue weighted by atomic mass is 127. The van der Waals surface area contributed by atoms with Crippen LogP contribution in [0.25, 0.3) is 0 Å². The van der Waals surface area contributed by atoms with Crippen LogP contribution in [0.5, 0.6) is 5.75 Å². The molecule has 0 radical (unpaired) electrons. The van der Waals surface area contributed by atoms with E-state index in [0.29, 0.717) is 17.0 Å². The van der Waals surface area contributed by atoms with E-state index in [4.69, 9.17) is 16.3 Å². The summed E-state index contributed by atoms with van der Waals surface area (Å²) in [6, 6.07) is 9.10. The number of carbonyl (C=O) groups excluding carboxylic acids is 1. The lowest BCUT2D eigenvalue weighted by atomic mass is 10.2. The van der Waals surface area contributed by atoms with Crippen LogP contribution in [0.4, 0.5) is 10.1 Å². The summed E-state index contributed by atoms with van der Waals surface area (Å²) in [5.74, 6) is -0.121. The number of rotatable bonds is 3. The minimum Gasteiger partial charge on any atom is -0.496 e. The van der Waals surface area contributed by atoms with Gasteiger partial charge in [-0.2, -0.15) is 0 Å². The molecule has 0 fully saturated rings. The van der Waals surface area contributed by atoms with Crippen LogP contribution < -0.4 is 10.1 Å². The van der Waals surface area contributed by atoms with Crippen molar-refractivity contribution in [2.45, 2.75) is 0 Å². The largest absolute Gasteiger partial charge is 0.496 e. The van der Waals surface area contributed by atoms with E-state index in [1.165, 1.54) is 18.2 Å². The van der Waals surface area contributed by atoms with Gasteiger partial charge < -0.3 is 10.1 Å². The van der Waals surface area contributed by atoms with Crippen molar-refractivity contribution in [3.8, 4) is 5.75 Å². The number of amides is 1. The topological polar surface area (TPSA) is 38.3 Å². The van der Waals surface area contributed by atoms with Gasteiger partial charge in [0.05, 0.1) is 15.7 Å². The Morgan fingerprint density at radius 3 is 2.65 bits per heavy atom. The number of carbonyl (C=O) groups is 1. The summed E-state index contributed by atoms with van der Waals surface area (Å²) in [5, 5.41) is 2.62. The molecule has 0 aliphatic rings. The lowest BCUT2D eigenvalue weighted by Crippen LogP contribution is -2.12. The molecule has 20 heavy (non-hydrogen) atoms. The van der Waals surface area contributed by atoms with E-state index < -0.39 is 5.82 Å². The molecule has 0 saturated carbocycles. The Balaban J connectivity index is 2.19. The van der Waals surface area contributed by atoms with Crippen molar-refractivity contribution < 1.29 is 13.9 Å². The molecule has 1 amide bonds. The quantitative estimate of drug-likeness (QED) is 0.771. The lowest BCUT2D eigenvalue weighted by molar-refractivity contribution is 0.102. The number of anilines is 1. The molecular formula is C14H10ClFINO2. The summed E-state index contributed by atoms with van der Waals surface area (Å²) in [6.07, 6.45) is 0. The van der Waals surface area contributed by atoms with E-state index in [0.717, 1.165) is 3.57 Å². The van der Waals surface area contributed by atoms with Gasteiger partial charge in [-0.1, -0.05) is 11.6 Å². The highest BCUT2D eigenvalue weighted by Gasteiger charge is 2.10. The summed E-state index contributed by atoms with van der Waals surface area (Å²) in [5.41, 5.74) is 0.919. The fourth-order valence-electron chi connectivity index (χ4n) is 1.58. The van der Waals surface area contributed by atoms with Gasteiger partial charge in [-0.05, 0) is 59.0 Å². The summed E-state index contributed by atoms with van der Waals surface area (Å²) >= 11 is 7.75. The minimum atomic E-state index is -0.524. The summed E-state index contributed by atoms with van der Waals surface area (Å²) < 4.78 is 19.0. The van der Waals surface area contributed by atoms with E-state index in [9.17, 15) is 9.18 Å². The van der Waals surface area contributed by atoms with Gasteiger partial charge in [0.2, 0.25) is 0 Å². The number of ether oxygens (including phenoxy) is 1. The van der Waals surface area contributed by atoms with Crippen LogP contribution in [0.15, 0.2) is 36.4 Å². The predicted octanol–water partition coefficient (Wildman–Crippen LogP) is 4.34. The van der Waals surface area contributed by atoms with Crippen molar-refractivity contribution in [3.05, 3.63) is 56.4 Å². The van der Waals surface area contributed by atoms with E-state index in [1.807, 2.05) is 0 Å². The van der Waals surface area contributed by atoms with Gasteiger partial charge in [0.1, 0.15) is 11.6 Å². The molecule has 0 bridgehead atoms. The molecule has 2 aromatic rings.